The number of unbranched alkanes of at least 4 members (excludes halogenated alkanes) is 1. The number of carboxylic acid groups (broad SMARTS) is 1. The summed E-state index contributed by atoms with van der Waals surface area (Å²) in [5, 5.41) is 8.98. The van der Waals surface area contributed by atoms with Crippen LogP contribution in [0.1, 0.15) is 32.6 Å². The SMILES string of the molecule is CC(N)(CCCCN1CCC(N2CCOCC2)C1)C(=O)O. The average molecular weight is 299 g/mol. The van der Waals surface area contributed by atoms with Crippen molar-refractivity contribution < 1.29 is 14.6 Å². The average Bonchev–Trinajstić information content (AvgIpc) is 2.93. The summed E-state index contributed by atoms with van der Waals surface area (Å²) in [7, 11) is 0. The standard InChI is InChI=1S/C15H29N3O3/c1-15(16,14(19)20)5-2-3-6-17-7-4-13(12-17)18-8-10-21-11-9-18/h13H,2-12,16H2,1H3,(H,19,20). The fraction of sp³-hybridized carbons (Fsp3) is 0.933. The highest BCUT2D eigenvalue weighted by molar-refractivity contribution is 5.77. The molecule has 2 fully saturated rings. The minimum absolute atomic E-state index is 0.545. The zero-order valence-corrected chi connectivity index (χ0v) is 13.1. The van der Waals surface area contributed by atoms with Crippen molar-refractivity contribution in [3.63, 3.8) is 0 Å². The van der Waals surface area contributed by atoms with E-state index >= 15 is 0 Å². The van der Waals surface area contributed by atoms with E-state index < -0.39 is 11.5 Å². The van der Waals surface area contributed by atoms with Crippen molar-refractivity contribution in [2.24, 2.45) is 5.73 Å². The minimum Gasteiger partial charge on any atom is -0.480 e. The predicted octanol–water partition coefficient (Wildman–Crippen LogP) is 0.365. The van der Waals surface area contributed by atoms with Gasteiger partial charge >= 0.3 is 5.97 Å². The van der Waals surface area contributed by atoms with Gasteiger partial charge in [0.2, 0.25) is 0 Å². The van der Waals surface area contributed by atoms with Crippen molar-refractivity contribution in [3.05, 3.63) is 0 Å². The zero-order chi connectivity index (χ0) is 15.3. The Morgan fingerprint density at radius 1 is 1.33 bits per heavy atom. The van der Waals surface area contributed by atoms with Crippen LogP contribution in [0.4, 0.5) is 0 Å². The number of hydrogen-bond acceptors (Lipinski definition) is 5. The highest BCUT2D eigenvalue weighted by atomic mass is 16.5. The molecule has 0 amide bonds. The second kappa shape index (κ2) is 7.54. The summed E-state index contributed by atoms with van der Waals surface area (Å²) in [6, 6.07) is 0.674. The van der Waals surface area contributed by atoms with E-state index in [9.17, 15) is 4.79 Å². The molecular formula is C15H29N3O3. The predicted molar refractivity (Wildman–Crippen MR) is 81.3 cm³/mol. The van der Waals surface area contributed by atoms with Crippen LogP contribution in [0.2, 0.25) is 0 Å². The third kappa shape index (κ3) is 4.92. The number of morpholine rings is 1. The monoisotopic (exact) mass is 299 g/mol. The molecule has 0 saturated carbocycles. The second-order valence-electron chi connectivity index (χ2n) is 6.57. The minimum atomic E-state index is -1.08. The first-order valence-corrected chi connectivity index (χ1v) is 8.05. The van der Waals surface area contributed by atoms with Crippen molar-refractivity contribution >= 4 is 5.97 Å². The quantitative estimate of drug-likeness (QED) is 0.661. The number of nitrogens with zero attached hydrogens (tertiary/aromatic N) is 2. The molecule has 0 aromatic rings. The van der Waals surface area contributed by atoms with Crippen LogP contribution in [0.5, 0.6) is 0 Å². The highest BCUT2D eigenvalue weighted by Crippen LogP contribution is 2.18. The summed E-state index contributed by atoms with van der Waals surface area (Å²) >= 11 is 0. The third-order valence-electron chi connectivity index (χ3n) is 4.72. The zero-order valence-electron chi connectivity index (χ0n) is 13.1. The molecule has 6 heteroatoms. The van der Waals surface area contributed by atoms with Crippen LogP contribution in [-0.2, 0) is 9.53 Å². The Hall–Kier alpha value is -0.690. The molecule has 2 heterocycles. The van der Waals surface area contributed by atoms with E-state index in [1.165, 1.54) is 6.42 Å². The lowest BCUT2D eigenvalue weighted by atomic mass is 9.96. The van der Waals surface area contributed by atoms with E-state index in [2.05, 4.69) is 9.80 Å². The molecule has 0 aromatic heterocycles. The number of carboxylic acids is 1. The number of nitrogens with two attached hydrogens (primary N) is 1. The lowest BCUT2D eigenvalue weighted by Gasteiger charge is -2.32. The number of rotatable bonds is 7. The van der Waals surface area contributed by atoms with E-state index in [0.29, 0.717) is 12.5 Å². The maximum atomic E-state index is 10.9. The molecule has 21 heavy (non-hydrogen) atoms. The van der Waals surface area contributed by atoms with Gasteiger partial charge in [-0.25, -0.2) is 0 Å². The van der Waals surface area contributed by atoms with Gasteiger partial charge in [0.15, 0.2) is 0 Å². The molecule has 3 N–H and O–H groups in total. The van der Waals surface area contributed by atoms with E-state index in [0.717, 1.165) is 58.8 Å². The van der Waals surface area contributed by atoms with Gasteiger partial charge in [0.1, 0.15) is 5.54 Å². The van der Waals surface area contributed by atoms with Crippen molar-refractivity contribution in [3.8, 4) is 0 Å². The Balaban J connectivity index is 1.61. The maximum absolute atomic E-state index is 10.9. The molecular weight excluding hydrogens is 270 g/mol. The van der Waals surface area contributed by atoms with Crippen molar-refractivity contribution in [2.45, 2.75) is 44.2 Å². The lowest BCUT2D eigenvalue weighted by molar-refractivity contribution is -0.142. The Labute approximate surface area is 127 Å². The summed E-state index contributed by atoms with van der Waals surface area (Å²) in [6.07, 6.45) is 3.68. The van der Waals surface area contributed by atoms with E-state index in [4.69, 9.17) is 15.6 Å². The summed E-state index contributed by atoms with van der Waals surface area (Å²) in [6.45, 7) is 8.78. The van der Waals surface area contributed by atoms with Gasteiger partial charge < -0.3 is 20.5 Å². The van der Waals surface area contributed by atoms with Crippen LogP contribution in [0.25, 0.3) is 0 Å². The number of likely N-dealkylation sites (tertiary alicyclic amines) is 1. The first-order valence-electron chi connectivity index (χ1n) is 8.05. The normalized spacial score (nSPS) is 27.6. The maximum Gasteiger partial charge on any atom is 0.323 e. The number of hydrogen-bond donors (Lipinski definition) is 2. The topological polar surface area (TPSA) is 79.0 Å². The molecule has 0 aromatic carbocycles. The van der Waals surface area contributed by atoms with Gasteiger partial charge in [-0.3, -0.25) is 9.69 Å². The molecule has 6 nitrogen and oxygen atoms in total. The van der Waals surface area contributed by atoms with Gasteiger partial charge in [0.05, 0.1) is 13.2 Å². The molecule has 2 aliphatic heterocycles. The van der Waals surface area contributed by atoms with E-state index in [1.807, 2.05) is 0 Å². The van der Waals surface area contributed by atoms with E-state index in [-0.39, 0.29) is 0 Å². The Kier molecular flexibility index (Phi) is 5.98. The highest BCUT2D eigenvalue weighted by Gasteiger charge is 2.29. The molecule has 2 rings (SSSR count). The first-order chi connectivity index (χ1) is 9.99. The molecule has 0 bridgehead atoms. The van der Waals surface area contributed by atoms with Gasteiger partial charge in [-0.2, -0.15) is 0 Å². The first kappa shape index (κ1) is 16.7. The fourth-order valence-electron chi connectivity index (χ4n) is 3.19. The molecule has 2 saturated heterocycles. The van der Waals surface area contributed by atoms with E-state index in [1.54, 1.807) is 6.92 Å². The number of ether oxygens (including phenoxy) is 1. The van der Waals surface area contributed by atoms with Gasteiger partial charge in [-0.05, 0) is 45.7 Å². The summed E-state index contributed by atoms with van der Waals surface area (Å²) in [5.74, 6) is -0.906. The molecule has 2 aliphatic rings. The molecule has 0 radical (unpaired) electrons. The molecule has 0 spiro atoms. The van der Waals surface area contributed by atoms with Crippen LogP contribution in [0.15, 0.2) is 0 Å². The van der Waals surface area contributed by atoms with Crippen molar-refractivity contribution in [2.75, 3.05) is 45.9 Å². The lowest BCUT2D eigenvalue weighted by Crippen LogP contribution is -2.45. The van der Waals surface area contributed by atoms with Crippen LogP contribution in [0, 0.1) is 0 Å². The largest absolute Gasteiger partial charge is 0.480 e. The third-order valence-corrected chi connectivity index (χ3v) is 4.72. The Bertz CT molecular complexity index is 343. The molecule has 122 valence electrons. The van der Waals surface area contributed by atoms with Crippen molar-refractivity contribution in [1.82, 2.24) is 9.80 Å². The van der Waals surface area contributed by atoms with Crippen LogP contribution >= 0.6 is 0 Å². The summed E-state index contributed by atoms with van der Waals surface area (Å²) in [4.78, 5) is 16.0. The number of carbonyl (C=O) groups is 1. The van der Waals surface area contributed by atoms with Crippen molar-refractivity contribution in [1.29, 1.82) is 0 Å². The fourth-order valence-corrected chi connectivity index (χ4v) is 3.19. The van der Waals surface area contributed by atoms with Gasteiger partial charge in [-0.15, -0.1) is 0 Å². The number of aliphatic carboxylic acids is 1. The Morgan fingerprint density at radius 3 is 2.71 bits per heavy atom. The molecule has 2 atom stereocenters. The second-order valence-corrected chi connectivity index (χ2v) is 6.57. The summed E-state index contributed by atoms with van der Waals surface area (Å²) in [5.41, 5.74) is 4.66. The smallest absolute Gasteiger partial charge is 0.323 e. The summed E-state index contributed by atoms with van der Waals surface area (Å²) < 4.78 is 5.40. The molecule has 0 aliphatic carbocycles. The van der Waals surface area contributed by atoms with Crippen LogP contribution < -0.4 is 5.73 Å². The molecule has 2 unspecified atom stereocenters. The van der Waals surface area contributed by atoms with Crippen LogP contribution in [0.3, 0.4) is 0 Å². The van der Waals surface area contributed by atoms with Gasteiger partial charge in [0, 0.05) is 25.7 Å². The Morgan fingerprint density at radius 2 is 2.05 bits per heavy atom. The van der Waals surface area contributed by atoms with Gasteiger partial charge in [0.25, 0.3) is 0 Å². The van der Waals surface area contributed by atoms with Crippen LogP contribution in [-0.4, -0.2) is 78.4 Å². The van der Waals surface area contributed by atoms with Gasteiger partial charge in [-0.1, -0.05) is 0 Å².